The second kappa shape index (κ2) is 6.23. The molecule has 0 spiro atoms. The Morgan fingerprint density at radius 1 is 1.38 bits per heavy atom. The van der Waals surface area contributed by atoms with Crippen LogP contribution in [0.2, 0.25) is 0 Å². The number of nitrogens with zero attached hydrogens (tertiary/aromatic N) is 3. The van der Waals surface area contributed by atoms with Gasteiger partial charge >= 0.3 is 0 Å². The summed E-state index contributed by atoms with van der Waals surface area (Å²) in [5, 5.41) is 14.0. The normalized spacial score (nSPS) is 17.4. The summed E-state index contributed by atoms with van der Waals surface area (Å²) < 4.78 is 25.7. The molecule has 7 nitrogen and oxygen atoms in total. The number of piperidine rings is 1. The number of aliphatic hydroxyl groups is 1. The van der Waals surface area contributed by atoms with E-state index in [0.717, 1.165) is 19.1 Å². The van der Waals surface area contributed by atoms with Gasteiger partial charge in [-0.05, 0) is 19.3 Å². The van der Waals surface area contributed by atoms with E-state index in [9.17, 15) is 13.5 Å². The SMILES string of the molecule is CCCCn1nc(N2CCC(O)CC2)c(S(C)(=O)=O)c1N. The second-order valence-corrected chi connectivity index (χ2v) is 7.56. The van der Waals surface area contributed by atoms with E-state index < -0.39 is 9.84 Å². The van der Waals surface area contributed by atoms with E-state index >= 15 is 0 Å². The van der Waals surface area contributed by atoms with E-state index in [-0.39, 0.29) is 16.8 Å². The van der Waals surface area contributed by atoms with Gasteiger partial charge in [-0.2, -0.15) is 5.10 Å². The molecule has 0 atom stereocenters. The van der Waals surface area contributed by atoms with Gasteiger partial charge in [0.1, 0.15) is 5.82 Å². The van der Waals surface area contributed by atoms with Crippen molar-refractivity contribution in [3.05, 3.63) is 0 Å². The van der Waals surface area contributed by atoms with Gasteiger partial charge in [0.05, 0.1) is 6.10 Å². The molecule has 2 rings (SSSR count). The van der Waals surface area contributed by atoms with Gasteiger partial charge in [0.2, 0.25) is 0 Å². The lowest BCUT2D eigenvalue weighted by Crippen LogP contribution is -2.36. The highest BCUT2D eigenvalue weighted by molar-refractivity contribution is 7.91. The fourth-order valence-electron chi connectivity index (χ4n) is 2.56. The molecule has 0 amide bonds. The molecule has 0 aromatic carbocycles. The number of nitrogens with two attached hydrogens (primary N) is 1. The number of hydrogen-bond donors (Lipinski definition) is 2. The summed E-state index contributed by atoms with van der Waals surface area (Å²) in [6.45, 7) is 3.85. The van der Waals surface area contributed by atoms with Crippen LogP contribution in [0.4, 0.5) is 11.6 Å². The first-order chi connectivity index (χ1) is 9.84. The van der Waals surface area contributed by atoms with Crippen LogP contribution in [0.25, 0.3) is 0 Å². The lowest BCUT2D eigenvalue weighted by atomic mass is 10.1. The van der Waals surface area contributed by atoms with Crippen LogP contribution in [0.5, 0.6) is 0 Å². The van der Waals surface area contributed by atoms with Crippen molar-refractivity contribution in [2.45, 2.75) is 50.2 Å². The Labute approximate surface area is 125 Å². The summed E-state index contributed by atoms with van der Waals surface area (Å²) in [4.78, 5) is 2.03. The third-order valence-electron chi connectivity index (χ3n) is 3.79. The van der Waals surface area contributed by atoms with Gasteiger partial charge in [0.25, 0.3) is 0 Å². The van der Waals surface area contributed by atoms with Crippen molar-refractivity contribution in [3.8, 4) is 0 Å². The number of rotatable bonds is 5. The Hall–Kier alpha value is -1.28. The molecule has 0 aliphatic carbocycles. The van der Waals surface area contributed by atoms with Gasteiger partial charge in [-0.1, -0.05) is 13.3 Å². The monoisotopic (exact) mass is 316 g/mol. The van der Waals surface area contributed by atoms with E-state index in [1.165, 1.54) is 0 Å². The first-order valence-electron chi connectivity index (χ1n) is 7.34. The minimum Gasteiger partial charge on any atom is -0.393 e. The molecular formula is C13H24N4O3S. The molecule has 1 aliphatic heterocycles. The van der Waals surface area contributed by atoms with Crippen LogP contribution in [-0.4, -0.2) is 48.8 Å². The molecule has 1 saturated heterocycles. The summed E-state index contributed by atoms with van der Waals surface area (Å²) in [7, 11) is -3.44. The maximum Gasteiger partial charge on any atom is 0.182 e. The molecule has 1 aliphatic rings. The van der Waals surface area contributed by atoms with Crippen LogP contribution >= 0.6 is 0 Å². The van der Waals surface area contributed by atoms with Crippen molar-refractivity contribution in [3.63, 3.8) is 0 Å². The largest absolute Gasteiger partial charge is 0.393 e. The zero-order valence-corrected chi connectivity index (χ0v) is 13.4. The maximum absolute atomic E-state index is 12.1. The van der Waals surface area contributed by atoms with Gasteiger partial charge in [-0.3, -0.25) is 0 Å². The van der Waals surface area contributed by atoms with Gasteiger partial charge < -0.3 is 15.7 Å². The molecule has 0 bridgehead atoms. The lowest BCUT2D eigenvalue weighted by Gasteiger charge is -2.30. The molecular weight excluding hydrogens is 292 g/mol. The number of nitrogen functional groups attached to an aromatic ring is 1. The molecule has 8 heteroatoms. The van der Waals surface area contributed by atoms with E-state index in [1.807, 2.05) is 4.90 Å². The second-order valence-electron chi connectivity index (χ2n) is 5.61. The van der Waals surface area contributed by atoms with Crippen LogP contribution in [0, 0.1) is 0 Å². The number of sulfone groups is 1. The highest BCUT2D eigenvalue weighted by Gasteiger charge is 2.29. The Kier molecular flexibility index (Phi) is 4.77. The van der Waals surface area contributed by atoms with Crippen molar-refractivity contribution in [2.24, 2.45) is 0 Å². The first kappa shape index (κ1) is 16.1. The average Bonchev–Trinajstić information content (AvgIpc) is 2.74. The number of aryl methyl sites for hydroxylation is 1. The van der Waals surface area contributed by atoms with Gasteiger partial charge in [0.15, 0.2) is 20.6 Å². The number of unbranched alkanes of at least 4 members (excludes halogenated alkanes) is 1. The fraction of sp³-hybridized carbons (Fsp3) is 0.769. The quantitative estimate of drug-likeness (QED) is 0.826. The standard InChI is InChI=1S/C13H24N4O3S/c1-3-4-7-17-12(14)11(21(2,19)20)13(15-17)16-8-5-10(18)6-9-16/h10,18H,3-9,14H2,1-2H3. The summed E-state index contributed by atoms with van der Waals surface area (Å²) in [6.07, 6.45) is 3.96. The minimum absolute atomic E-state index is 0.120. The Bertz CT molecular complexity index is 589. The predicted octanol–water partition coefficient (Wildman–Crippen LogP) is 0.630. The zero-order chi connectivity index (χ0) is 15.6. The van der Waals surface area contributed by atoms with Crippen LogP contribution in [0.3, 0.4) is 0 Å². The molecule has 1 aromatic heterocycles. The molecule has 1 fully saturated rings. The van der Waals surface area contributed by atoms with Gasteiger partial charge in [0, 0.05) is 25.9 Å². The highest BCUT2D eigenvalue weighted by atomic mass is 32.2. The third-order valence-corrected chi connectivity index (χ3v) is 4.92. The average molecular weight is 316 g/mol. The van der Waals surface area contributed by atoms with Crippen molar-refractivity contribution in [1.29, 1.82) is 0 Å². The van der Waals surface area contributed by atoms with Crippen LogP contribution in [0.15, 0.2) is 4.90 Å². The maximum atomic E-state index is 12.1. The van der Waals surface area contributed by atoms with E-state index in [0.29, 0.717) is 38.3 Å². The Morgan fingerprint density at radius 2 is 2.00 bits per heavy atom. The molecule has 1 aromatic rings. The molecule has 21 heavy (non-hydrogen) atoms. The number of aromatic nitrogens is 2. The number of aliphatic hydroxyl groups excluding tert-OH is 1. The molecule has 120 valence electrons. The van der Waals surface area contributed by atoms with Crippen LogP contribution < -0.4 is 10.6 Å². The Balaban J connectivity index is 2.39. The minimum atomic E-state index is -3.44. The molecule has 2 heterocycles. The van der Waals surface area contributed by atoms with Gasteiger partial charge in [-0.25, -0.2) is 13.1 Å². The first-order valence-corrected chi connectivity index (χ1v) is 9.23. The fourth-order valence-corrected chi connectivity index (χ4v) is 3.55. The molecule has 0 unspecified atom stereocenters. The summed E-state index contributed by atoms with van der Waals surface area (Å²) >= 11 is 0. The van der Waals surface area contributed by atoms with Crippen molar-refractivity contribution >= 4 is 21.5 Å². The number of anilines is 2. The summed E-state index contributed by atoms with van der Waals surface area (Å²) in [6, 6.07) is 0. The Morgan fingerprint density at radius 3 is 2.52 bits per heavy atom. The van der Waals surface area contributed by atoms with E-state index in [4.69, 9.17) is 5.73 Å². The molecule has 0 radical (unpaired) electrons. The van der Waals surface area contributed by atoms with Crippen LogP contribution in [-0.2, 0) is 16.4 Å². The molecule has 3 N–H and O–H groups in total. The molecule has 0 saturated carbocycles. The van der Waals surface area contributed by atoms with Crippen molar-refractivity contribution < 1.29 is 13.5 Å². The predicted molar refractivity (Wildman–Crippen MR) is 82.1 cm³/mol. The van der Waals surface area contributed by atoms with Crippen molar-refractivity contribution in [2.75, 3.05) is 30.0 Å². The van der Waals surface area contributed by atoms with E-state index in [1.54, 1.807) is 4.68 Å². The zero-order valence-electron chi connectivity index (χ0n) is 12.6. The van der Waals surface area contributed by atoms with Crippen molar-refractivity contribution in [1.82, 2.24) is 9.78 Å². The van der Waals surface area contributed by atoms with E-state index in [2.05, 4.69) is 12.0 Å². The summed E-state index contributed by atoms with van der Waals surface area (Å²) in [5.74, 6) is 0.644. The lowest BCUT2D eigenvalue weighted by molar-refractivity contribution is 0.145. The summed E-state index contributed by atoms with van der Waals surface area (Å²) in [5.41, 5.74) is 6.01. The highest BCUT2D eigenvalue weighted by Crippen LogP contribution is 2.32. The number of hydrogen-bond acceptors (Lipinski definition) is 6. The topological polar surface area (TPSA) is 101 Å². The van der Waals surface area contributed by atoms with Crippen LogP contribution in [0.1, 0.15) is 32.6 Å². The van der Waals surface area contributed by atoms with Gasteiger partial charge in [-0.15, -0.1) is 0 Å². The third kappa shape index (κ3) is 3.49. The smallest absolute Gasteiger partial charge is 0.182 e.